The van der Waals surface area contributed by atoms with Crippen LogP contribution in [0.15, 0.2) is 0 Å². The fourth-order valence-corrected chi connectivity index (χ4v) is 1.90. The van der Waals surface area contributed by atoms with Crippen LogP contribution in [0.1, 0.15) is 72.1 Å². The first-order chi connectivity index (χ1) is 9.76. The van der Waals surface area contributed by atoms with Crippen molar-refractivity contribution in [1.29, 1.82) is 0 Å². The molecule has 0 unspecified atom stereocenters. The van der Waals surface area contributed by atoms with Gasteiger partial charge in [0.25, 0.3) is 0 Å². The minimum Gasteiger partial charge on any atom is -0.460 e. The van der Waals surface area contributed by atoms with Crippen molar-refractivity contribution < 1.29 is 19.2 Å². The summed E-state index contributed by atoms with van der Waals surface area (Å²) in [5, 5.41) is 1.26. The average Bonchev–Trinajstić information content (AvgIpc) is 2.38. The minimum absolute atomic E-state index is 0.0161. The Morgan fingerprint density at radius 1 is 0.905 bits per heavy atom. The number of nitrogens with zero attached hydrogens (tertiary/aromatic N) is 1. The summed E-state index contributed by atoms with van der Waals surface area (Å²) in [5.74, 6) is -0.0990. The van der Waals surface area contributed by atoms with Crippen molar-refractivity contribution >= 4 is 11.9 Å². The minimum atomic E-state index is -0.390. The van der Waals surface area contributed by atoms with Crippen molar-refractivity contribution in [2.45, 2.75) is 77.7 Å². The SMILES string of the molecule is CON(C)C(=O)CCCCCCCCC(=O)OC(C)(C)C. The molecule has 0 aromatic rings. The van der Waals surface area contributed by atoms with E-state index < -0.39 is 0 Å². The number of amides is 1. The lowest BCUT2D eigenvalue weighted by Gasteiger charge is -2.19. The lowest BCUT2D eigenvalue weighted by molar-refractivity contribution is -0.168. The number of hydrogen-bond donors (Lipinski definition) is 0. The maximum atomic E-state index is 11.5. The van der Waals surface area contributed by atoms with Gasteiger partial charge < -0.3 is 4.74 Å². The molecule has 5 heteroatoms. The van der Waals surface area contributed by atoms with E-state index in [1.165, 1.54) is 12.2 Å². The van der Waals surface area contributed by atoms with Crippen LogP contribution in [-0.4, -0.2) is 36.7 Å². The van der Waals surface area contributed by atoms with Gasteiger partial charge in [-0.1, -0.05) is 25.7 Å². The van der Waals surface area contributed by atoms with Crippen molar-refractivity contribution in [2.24, 2.45) is 0 Å². The van der Waals surface area contributed by atoms with Crippen molar-refractivity contribution in [1.82, 2.24) is 5.06 Å². The van der Waals surface area contributed by atoms with Gasteiger partial charge in [-0.25, -0.2) is 5.06 Å². The Morgan fingerprint density at radius 3 is 1.86 bits per heavy atom. The van der Waals surface area contributed by atoms with Gasteiger partial charge >= 0.3 is 5.97 Å². The molecule has 0 saturated heterocycles. The quantitative estimate of drug-likeness (QED) is 0.352. The summed E-state index contributed by atoms with van der Waals surface area (Å²) in [4.78, 5) is 27.8. The molecule has 1 amide bonds. The van der Waals surface area contributed by atoms with Gasteiger partial charge in [0.15, 0.2) is 0 Å². The van der Waals surface area contributed by atoms with E-state index in [2.05, 4.69) is 0 Å². The van der Waals surface area contributed by atoms with Gasteiger partial charge in [-0.15, -0.1) is 0 Å². The van der Waals surface area contributed by atoms with E-state index in [0.29, 0.717) is 12.8 Å². The molecule has 0 radical (unpaired) electrons. The molecule has 0 aromatic heterocycles. The summed E-state index contributed by atoms with van der Waals surface area (Å²) >= 11 is 0. The Morgan fingerprint density at radius 2 is 1.38 bits per heavy atom. The third-order valence-corrected chi connectivity index (χ3v) is 3.07. The first kappa shape index (κ1) is 19.9. The van der Waals surface area contributed by atoms with Crippen LogP contribution in [0.4, 0.5) is 0 Å². The second-order valence-electron chi connectivity index (χ2n) is 6.28. The maximum absolute atomic E-state index is 11.5. The predicted molar refractivity (Wildman–Crippen MR) is 82.6 cm³/mol. The van der Waals surface area contributed by atoms with E-state index in [0.717, 1.165) is 38.5 Å². The highest BCUT2D eigenvalue weighted by molar-refractivity contribution is 5.74. The molecule has 0 N–H and O–H groups in total. The van der Waals surface area contributed by atoms with Gasteiger partial charge in [0.1, 0.15) is 5.60 Å². The van der Waals surface area contributed by atoms with Gasteiger partial charge in [-0.05, 0) is 33.6 Å². The molecule has 0 atom stereocenters. The number of unbranched alkanes of at least 4 members (excludes halogenated alkanes) is 5. The molecule has 124 valence electrons. The highest BCUT2D eigenvalue weighted by atomic mass is 16.7. The number of rotatable bonds is 10. The van der Waals surface area contributed by atoms with Crippen LogP contribution in [0.2, 0.25) is 0 Å². The number of carbonyl (C=O) groups is 2. The van der Waals surface area contributed by atoms with Crippen LogP contribution < -0.4 is 0 Å². The average molecular weight is 301 g/mol. The van der Waals surface area contributed by atoms with E-state index >= 15 is 0 Å². The van der Waals surface area contributed by atoms with Gasteiger partial charge in [-0.2, -0.15) is 0 Å². The smallest absolute Gasteiger partial charge is 0.306 e. The van der Waals surface area contributed by atoms with E-state index in [4.69, 9.17) is 9.57 Å². The summed E-state index contributed by atoms with van der Waals surface area (Å²) in [6.45, 7) is 5.65. The highest BCUT2D eigenvalue weighted by Crippen LogP contribution is 2.12. The lowest BCUT2D eigenvalue weighted by Crippen LogP contribution is -2.24. The fourth-order valence-electron chi connectivity index (χ4n) is 1.90. The molecular formula is C16H31NO4. The molecule has 0 aliphatic heterocycles. The second kappa shape index (κ2) is 10.6. The van der Waals surface area contributed by atoms with Crippen molar-refractivity contribution in [3.05, 3.63) is 0 Å². The zero-order valence-electron chi connectivity index (χ0n) is 14.2. The van der Waals surface area contributed by atoms with Gasteiger partial charge in [0.05, 0.1) is 7.11 Å². The van der Waals surface area contributed by atoms with E-state index in [1.54, 1.807) is 7.05 Å². The number of esters is 1. The summed E-state index contributed by atoms with van der Waals surface area (Å²) in [5.41, 5.74) is -0.390. The molecule has 0 saturated carbocycles. The zero-order valence-corrected chi connectivity index (χ0v) is 14.2. The Balaban J connectivity index is 3.41. The standard InChI is InChI=1S/C16H31NO4/c1-16(2,3)21-15(19)13-11-9-7-6-8-10-12-14(18)17(4)20-5/h6-13H2,1-5H3. The van der Waals surface area contributed by atoms with Crippen LogP contribution in [0.3, 0.4) is 0 Å². The molecule has 0 aliphatic carbocycles. The van der Waals surface area contributed by atoms with E-state index in [-0.39, 0.29) is 17.5 Å². The Labute approximate surface area is 128 Å². The largest absolute Gasteiger partial charge is 0.460 e. The third-order valence-electron chi connectivity index (χ3n) is 3.07. The molecule has 0 aromatic carbocycles. The van der Waals surface area contributed by atoms with Crippen LogP contribution in [0, 0.1) is 0 Å². The van der Waals surface area contributed by atoms with Crippen molar-refractivity contribution in [3.63, 3.8) is 0 Å². The molecule has 0 spiro atoms. The molecule has 21 heavy (non-hydrogen) atoms. The lowest BCUT2D eigenvalue weighted by atomic mass is 10.1. The molecule has 0 aliphatic rings. The molecule has 0 fully saturated rings. The normalized spacial score (nSPS) is 11.3. The highest BCUT2D eigenvalue weighted by Gasteiger charge is 2.15. The predicted octanol–water partition coefficient (Wildman–Crippen LogP) is 3.47. The number of hydroxylamine groups is 2. The van der Waals surface area contributed by atoms with Gasteiger partial charge in [0.2, 0.25) is 5.91 Å². The van der Waals surface area contributed by atoms with Crippen LogP contribution >= 0.6 is 0 Å². The van der Waals surface area contributed by atoms with Crippen LogP contribution in [-0.2, 0) is 19.2 Å². The first-order valence-corrected chi connectivity index (χ1v) is 7.79. The molecule has 5 nitrogen and oxygen atoms in total. The number of carbonyl (C=O) groups excluding carboxylic acids is 2. The molecule has 0 rings (SSSR count). The number of hydrogen-bond acceptors (Lipinski definition) is 4. The first-order valence-electron chi connectivity index (χ1n) is 7.79. The topological polar surface area (TPSA) is 55.8 Å². The van der Waals surface area contributed by atoms with Crippen molar-refractivity contribution in [3.8, 4) is 0 Å². The molecular weight excluding hydrogens is 270 g/mol. The van der Waals surface area contributed by atoms with Crippen LogP contribution in [0.5, 0.6) is 0 Å². The van der Waals surface area contributed by atoms with Gasteiger partial charge in [0, 0.05) is 19.9 Å². The Hall–Kier alpha value is -1.10. The molecule has 0 heterocycles. The fraction of sp³-hybridized carbons (Fsp3) is 0.875. The monoisotopic (exact) mass is 301 g/mol. The van der Waals surface area contributed by atoms with Crippen molar-refractivity contribution in [2.75, 3.05) is 14.2 Å². The van der Waals surface area contributed by atoms with Gasteiger partial charge in [-0.3, -0.25) is 14.4 Å². The molecule has 0 bridgehead atoms. The summed E-state index contributed by atoms with van der Waals surface area (Å²) in [6.07, 6.45) is 7.05. The zero-order chi connectivity index (χ0) is 16.3. The summed E-state index contributed by atoms with van der Waals surface area (Å²) in [7, 11) is 3.11. The second-order valence-corrected chi connectivity index (χ2v) is 6.28. The summed E-state index contributed by atoms with van der Waals surface area (Å²) in [6, 6.07) is 0. The summed E-state index contributed by atoms with van der Waals surface area (Å²) < 4.78 is 5.25. The third kappa shape index (κ3) is 12.4. The Bertz CT molecular complexity index is 310. The maximum Gasteiger partial charge on any atom is 0.306 e. The number of ether oxygens (including phenoxy) is 1. The van der Waals surface area contributed by atoms with Crippen LogP contribution in [0.25, 0.3) is 0 Å². The Kier molecular flexibility index (Phi) is 10.0. The van der Waals surface area contributed by atoms with E-state index in [9.17, 15) is 9.59 Å². The van der Waals surface area contributed by atoms with E-state index in [1.807, 2.05) is 20.8 Å².